The number of nitrogens with zero attached hydrogens (tertiary/aromatic N) is 4. The third kappa shape index (κ3) is 5.37. The Labute approximate surface area is 200 Å². The Kier molecular flexibility index (Phi) is 6.91. The molecule has 0 aliphatic rings. The maximum atomic E-state index is 12.7. The molecule has 0 aliphatic heterocycles. The van der Waals surface area contributed by atoms with Crippen LogP contribution < -0.4 is 10.6 Å². The lowest BCUT2D eigenvalue weighted by Crippen LogP contribution is -2.35. The number of anilines is 1. The Hall–Kier alpha value is -3.68. The lowest BCUT2D eigenvalue weighted by atomic mass is 10.0. The molecule has 4 aromatic rings. The van der Waals surface area contributed by atoms with E-state index in [0.717, 1.165) is 10.3 Å². The summed E-state index contributed by atoms with van der Waals surface area (Å²) >= 11 is 1.27. The minimum absolute atomic E-state index is 0.371. The van der Waals surface area contributed by atoms with E-state index in [9.17, 15) is 28.2 Å². The van der Waals surface area contributed by atoms with Crippen LogP contribution in [0.5, 0.6) is 0 Å². The molecule has 0 radical (unpaired) electrons. The van der Waals surface area contributed by atoms with Crippen LogP contribution in [0.25, 0.3) is 32.6 Å². The molecule has 182 valence electrons. The highest BCUT2D eigenvalue weighted by Gasteiger charge is 2.44. The van der Waals surface area contributed by atoms with Crippen LogP contribution in [0.1, 0.15) is 18.9 Å². The van der Waals surface area contributed by atoms with Gasteiger partial charge in [0.05, 0.1) is 15.9 Å². The van der Waals surface area contributed by atoms with Gasteiger partial charge < -0.3 is 15.5 Å². The van der Waals surface area contributed by atoms with Gasteiger partial charge in [-0.1, -0.05) is 17.4 Å². The molecule has 0 saturated carbocycles. The summed E-state index contributed by atoms with van der Waals surface area (Å²) in [6, 6.07) is 8.53. The van der Waals surface area contributed by atoms with E-state index in [-0.39, 0.29) is 0 Å². The summed E-state index contributed by atoms with van der Waals surface area (Å²) in [5.41, 5.74) is 2.94. The molecule has 0 bridgehead atoms. The number of amides is 2. The number of aliphatic hydroxyl groups is 2. The van der Waals surface area contributed by atoms with Gasteiger partial charge in [0.2, 0.25) is 0 Å². The normalized spacial score (nSPS) is 13.4. The van der Waals surface area contributed by atoms with Crippen LogP contribution in [0.4, 0.5) is 23.1 Å². The SMILES string of the molecule is CCNC(=O)Nc1nc2cc(-c3cnc(C(O)C(O)C(F)(F)F)nc3)cc(-c3ccccn3)c2s1. The molecule has 0 saturated heterocycles. The van der Waals surface area contributed by atoms with Crippen molar-refractivity contribution in [2.45, 2.75) is 25.3 Å². The Morgan fingerprint density at radius 2 is 1.86 bits per heavy atom. The molecule has 2 unspecified atom stereocenters. The zero-order valence-electron chi connectivity index (χ0n) is 18.1. The number of aliphatic hydroxyl groups excluding tert-OH is 2. The number of halogens is 3. The molecule has 35 heavy (non-hydrogen) atoms. The molecule has 0 spiro atoms. The maximum absolute atomic E-state index is 12.7. The van der Waals surface area contributed by atoms with E-state index in [4.69, 9.17) is 0 Å². The van der Waals surface area contributed by atoms with Crippen LogP contribution in [0.2, 0.25) is 0 Å². The van der Waals surface area contributed by atoms with Crippen molar-refractivity contribution in [1.29, 1.82) is 0 Å². The fourth-order valence-electron chi connectivity index (χ4n) is 3.23. The van der Waals surface area contributed by atoms with Gasteiger partial charge in [-0.15, -0.1) is 0 Å². The average Bonchev–Trinajstić information content (AvgIpc) is 3.24. The lowest BCUT2D eigenvalue weighted by molar-refractivity contribution is -0.232. The quantitative estimate of drug-likeness (QED) is 0.313. The summed E-state index contributed by atoms with van der Waals surface area (Å²) < 4.78 is 38.9. The molecule has 1 aromatic carbocycles. The Bertz CT molecular complexity index is 1330. The average molecular weight is 504 g/mol. The second-order valence-electron chi connectivity index (χ2n) is 7.35. The highest BCUT2D eigenvalue weighted by molar-refractivity contribution is 7.22. The second kappa shape index (κ2) is 9.90. The van der Waals surface area contributed by atoms with Gasteiger partial charge in [0.1, 0.15) is 6.10 Å². The predicted molar refractivity (Wildman–Crippen MR) is 124 cm³/mol. The van der Waals surface area contributed by atoms with Gasteiger partial charge in [-0.05, 0) is 36.8 Å². The number of fused-ring (bicyclic) bond motifs is 1. The van der Waals surface area contributed by atoms with Crippen molar-refractivity contribution in [3.8, 4) is 22.4 Å². The van der Waals surface area contributed by atoms with Gasteiger partial charge in [-0.25, -0.2) is 19.7 Å². The van der Waals surface area contributed by atoms with E-state index >= 15 is 0 Å². The van der Waals surface area contributed by atoms with Gasteiger partial charge >= 0.3 is 12.2 Å². The van der Waals surface area contributed by atoms with E-state index in [0.29, 0.717) is 34.0 Å². The minimum atomic E-state index is -5.02. The number of hydrogen-bond donors (Lipinski definition) is 4. The lowest BCUT2D eigenvalue weighted by Gasteiger charge is -2.19. The van der Waals surface area contributed by atoms with Crippen molar-refractivity contribution >= 4 is 32.7 Å². The fraction of sp³-hybridized carbons (Fsp3) is 0.227. The number of thiazole rings is 1. The first-order valence-corrected chi connectivity index (χ1v) is 11.1. The molecule has 3 heterocycles. The van der Waals surface area contributed by atoms with Gasteiger partial charge in [0.15, 0.2) is 17.1 Å². The van der Waals surface area contributed by atoms with Crippen LogP contribution in [-0.2, 0) is 0 Å². The first kappa shape index (κ1) is 24.4. The molecule has 4 rings (SSSR count). The van der Waals surface area contributed by atoms with Crippen molar-refractivity contribution in [2.24, 2.45) is 0 Å². The van der Waals surface area contributed by atoms with E-state index in [2.05, 4.69) is 30.6 Å². The maximum Gasteiger partial charge on any atom is 0.417 e. The second-order valence-corrected chi connectivity index (χ2v) is 8.35. The standard InChI is InChI=1S/C22H19F3N6O3S/c1-2-26-20(34)31-21-30-15-8-11(7-13(17(15)35-21)14-5-3-4-6-27-14)12-9-28-19(29-10-12)16(32)18(33)22(23,24)25/h3-10,16,18,32-33H,2H2,1H3,(H2,26,30,31,34). The van der Waals surface area contributed by atoms with Crippen LogP contribution in [-0.4, -0.2) is 55.0 Å². The highest BCUT2D eigenvalue weighted by atomic mass is 32.1. The Morgan fingerprint density at radius 1 is 1.11 bits per heavy atom. The number of aromatic nitrogens is 4. The number of carbonyl (C=O) groups is 1. The van der Waals surface area contributed by atoms with Crippen LogP contribution in [0.3, 0.4) is 0 Å². The number of nitrogens with one attached hydrogen (secondary N) is 2. The van der Waals surface area contributed by atoms with Crippen LogP contribution in [0, 0.1) is 0 Å². The predicted octanol–water partition coefficient (Wildman–Crippen LogP) is 3.91. The highest BCUT2D eigenvalue weighted by Crippen LogP contribution is 2.38. The molecule has 4 N–H and O–H groups in total. The molecule has 9 nitrogen and oxygen atoms in total. The van der Waals surface area contributed by atoms with Crippen molar-refractivity contribution < 1.29 is 28.2 Å². The number of urea groups is 1. The van der Waals surface area contributed by atoms with Crippen LogP contribution in [0.15, 0.2) is 48.9 Å². The molecular formula is C22H19F3N6O3S. The number of carbonyl (C=O) groups excluding carboxylic acids is 1. The van der Waals surface area contributed by atoms with Crippen molar-refractivity contribution in [3.05, 3.63) is 54.7 Å². The van der Waals surface area contributed by atoms with Gasteiger partial charge in [-0.3, -0.25) is 10.3 Å². The zero-order chi connectivity index (χ0) is 25.2. The molecular weight excluding hydrogens is 485 g/mol. The number of hydrogen-bond acceptors (Lipinski definition) is 8. The Morgan fingerprint density at radius 3 is 2.49 bits per heavy atom. The first-order chi connectivity index (χ1) is 16.7. The monoisotopic (exact) mass is 504 g/mol. The van der Waals surface area contributed by atoms with E-state index in [1.165, 1.54) is 23.7 Å². The molecule has 13 heteroatoms. The summed E-state index contributed by atoms with van der Waals surface area (Å²) in [4.78, 5) is 28.4. The first-order valence-electron chi connectivity index (χ1n) is 10.3. The molecule has 3 aromatic heterocycles. The van der Waals surface area contributed by atoms with E-state index in [1.54, 1.807) is 31.3 Å². The van der Waals surface area contributed by atoms with Crippen LogP contribution >= 0.6 is 11.3 Å². The largest absolute Gasteiger partial charge is 0.417 e. The van der Waals surface area contributed by atoms with Gasteiger partial charge in [0, 0.05) is 36.3 Å². The Balaban J connectivity index is 1.74. The third-order valence-corrected chi connectivity index (χ3v) is 5.91. The smallest absolute Gasteiger partial charge is 0.382 e. The van der Waals surface area contributed by atoms with Crippen molar-refractivity contribution in [2.75, 3.05) is 11.9 Å². The summed E-state index contributed by atoms with van der Waals surface area (Å²) in [5, 5.41) is 24.7. The van der Waals surface area contributed by atoms with Crippen molar-refractivity contribution in [1.82, 2.24) is 25.3 Å². The summed E-state index contributed by atoms with van der Waals surface area (Å²) in [7, 11) is 0. The topological polar surface area (TPSA) is 133 Å². The molecule has 0 fully saturated rings. The number of benzene rings is 1. The fourth-order valence-corrected chi connectivity index (χ4v) is 4.19. The minimum Gasteiger partial charge on any atom is -0.382 e. The summed E-state index contributed by atoms with van der Waals surface area (Å²) in [6.45, 7) is 2.24. The van der Waals surface area contributed by atoms with Gasteiger partial charge in [-0.2, -0.15) is 13.2 Å². The van der Waals surface area contributed by atoms with Crippen molar-refractivity contribution in [3.63, 3.8) is 0 Å². The number of pyridine rings is 1. The summed E-state index contributed by atoms with van der Waals surface area (Å²) in [5.74, 6) is -0.563. The number of rotatable bonds is 6. The molecule has 2 atom stereocenters. The number of alkyl halides is 3. The van der Waals surface area contributed by atoms with E-state index in [1.807, 2.05) is 12.1 Å². The van der Waals surface area contributed by atoms with E-state index < -0.39 is 30.2 Å². The molecule has 2 amide bonds. The molecule has 0 aliphatic carbocycles. The van der Waals surface area contributed by atoms with Gasteiger partial charge in [0.25, 0.3) is 0 Å². The third-order valence-electron chi connectivity index (χ3n) is 4.89. The summed E-state index contributed by atoms with van der Waals surface area (Å²) in [6.07, 6.45) is -6.22. The zero-order valence-corrected chi connectivity index (χ0v) is 18.9.